The Morgan fingerprint density at radius 2 is 2.00 bits per heavy atom. The second kappa shape index (κ2) is 5.30. The molecule has 94 valence electrons. The molecule has 0 bridgehead atoms. The van der Waals surface area contributed by atoms with Crippen LogP contribution in [-0.2, 0) is 11.2 Å². The molecule has 0 atom stereocenters. The topological polar surface area (TPSA) is 26.3 Å². The summed E-state index contributed by atoms with van der Waals surface area (Å²) in [6, 6.07) is 4.72. The van der Waals surface area contributed by atoms with Crippen LogP contribution in [0, 0.1) is 11.2 Å². The third-order valence-corrected chi connectivity index (χ3v) is 2.72. The zero-order valence-corrected chi connectivity index (χ0v) is 10.8. The van der Waals surface area contributed by atoms with Gasteiger partial charge in [-0.15, -0.1) is 0 Å². The first-order valence-electron chi connectivity index (χ1n) is 5.70. The molecule has 0 saturated heterocycles. The third-order valence-electron chi connectivity index (χ3n) is 2.72. The molecule has 0 aromatic heterocycles. The minimum absolute atomic E-state index is 0.146. The minimum Gasteiger partial charge on any atom is -0.497 e. The monoisotopic (exact) mass is 238 g/mol. The molecule has 1 rings (SSSR count). The molecule has 0 spiro atoms. The van der Waals surface area contributed by atoms with Crippen molar-refractivity contribution in [1.29, 1.82) is 0 Å². The summed E-state index contributed by atoms with van der Waals surface area (Å²) in [4.78, 5) is 11.7. The Labute approximate surface area is 102 Å². The normalized spacial score (nSPS) is 11.4. The number of hydrogen-bond acceptors (Lipinski definition) is 2. The standard InChI is InChI=1S/C14H19FO2/c1-14(2,3)13(16)8-6-10-5-7-11(17-4)9-12(10)15/h5,7,9H,6,8H2,1-4H3. The molecular formula is C14H19FO2. The largest absolute Gasteiger partial charge is 0.497 e. The van der Waals surface area contributed by atoms with E-state index >= 15 is 0 Å². The van der Waals surface area contributed by atoms with Crippen molar-refractivity contribution in [3.05, 3.63) is 29.6 Å². The Bertz CT molecular complexity index is 405. The van der Waals surface area contributed by atoms with Crippen molar-refractivity contribution in [2.45, 2.75) is 33.6 Å². The van der Waals surface area contributed by atoms with E-state index in [1.807, 2.05) is 20.8 Å². The molecule has 0 N–H and O–H groups in total. The smallest absolute Gasteiger partial charge is 0.138 e. The van der Waals surface area contributed by atoms with E-state index in [0.29, 0.717) is 24.2 Å². The first-order chi connectivity index (χ1) is 7.84. The van der Waals surface area contributed by atoms with E-state index in [-0.39, 0.29) is 17.0 Å². The highest BCUT2D eigenvalue weighted by Crippen LogP contribution is 2.21. The fourth-order valence-corrected chi connectivity index (χ4v) is 1.48. The highest BCUT2D eigenvalue weighted by molar-refractivity contribution is 5.83. The molecule has 0 fully saturated rings. The number of benzene rings is 1. The van der Waals surface area contributed by atoms with Gasteiger partial charge in [-0.25, -0.2) is 4.39 Å². The van der Waals surface area contributed by atoms with E-state index < -0.39 is 0 Å². The van der Waals surface area contributed by atoms with Gasteiger partial charge in [0.15, 0.2) is 0 Å². The van der Waals surface area contributed by atoms with Gasteiger partial charge in [-0.05, 0) is 18.1 Å². The number of ether oxygens (including phenoxy) is 1. The molecule has 0 saturated carbocycles. The molecule has 0 aliphatic rings. The van der Waals surface area contributed by atoms with Gasteiger partial charge >= 0.3 is 0 Å². The van der Waals surface area contributed by atoms with Gasteiger partial charge in [0.25, 0.3) is 0 Å². The fourth-order valence-electron chi connectivity index (χ4n) is 1.48. The van der Waals surface area contributed by atoms with E-state index in [9.17, 15) is 9.18 Å². The van der Waals surface area contributed by atoms with Crippen LogP contribution in [0.2, 0.25) is 0 Å². The van der Waals surface area contributed by atoms with Gasteiger partial charge in [0.2, 0.25) is 0 Å². The van der Waals surface area contributed by atoms with Crippen LogP contribution in [0.3, 0.4) is 0 Å². The van der Waals surface area contributed by atoms with E-state index in [1.54, 1.807) is 12.1 Å². The van der Waals surface area contributed by atoms with E-state index in [4.69, 9.17) is 4.74 Å². The number of hydrogen-bond donors (Lipinski definition) is 0. The van der Waals surface area contributed by atoms with Crippen LogP contribution in [0.5, 0.6) is 5.75 Å². The van der Waals surface area contributed by atoms with Crippen molar-refractivity contribution < 1.29 is 13.9 Å². The Kier molecular flexibility index (Phi) is 4.27. The molecular weight excluding hydrogens is 219 g/mol. The maximum Gasteiger partial charge on any atom is 0.138 e. The van der Waals surface area contributed by atoms with Gasteiger partial charge in [-0.2, -0.15) is 0 Å². The lowest BCUT2D eigenvalue weighted by Crippen LogP contribution is -2.20. The summed E-state index contributed by atoms with van der Waals surface area (Å²) in [6.07, 6.45) is 0.804. The number of ketones is 1. The van der Waals surface area contributed by atoms with E-state index in [0.717, 1.165) is 0 Å². The maximum absolute atomic E-state index is 13.6. The van der Waals surface area contributed by atoms with Gasteiger partial charge in [0.05, 0.1) is 7.11 Å². The van der Waals surface area contributed by atoms with Crippen LogP contribution >= 0.6 is 0 Å². The molecule has 17 heavy (non-hydrogen) atoms. The average molecular weight is 238 g/mol. The number of aryl methyl sites for hydroxylation is 1. The summed E-state index contributed by atoms with van der Waals surface area (Å²) in [5.74, 6) is 0.326. The maximum atomic E-state index is 13.6. The number of rotatable bonds is 4. The van der Waals surface area contributed by atoms with Crippen LogP contribution < -0.4 is 4.74 Å². The molecule has 0 heterocycles. The predicted octanol–water partition coefficient (Wildman–Crippen LogP) is 3.38. The van der Waals surface area contributed by atoms with Crippen LogP contribution in [-0.4, -0.2) is 12.9 Å². The van der Waals surface area contributed by atoms with Crippen molar-refractivity contribution in [3.8, 4) is 5.75 Å². The van der Waals surface area contributed by atoms with Gasteiger partial charge in [-0.1, -0.05) is 26.8 Å². The van der Waals surface area contributed by atoms with E-state index in [1.165, 1.54) is 13.2 Å². The van der Waals surface area contributed by atoms with Crippen LogP contribution in [0.4, 0.5) is 4.39 Å². The Morgan fingerprint density at radius 1 is 1.35 bits per heavy atom. The summed E-state index contributed by atoms with van der Waals surface area (Å²) in [6.45, 7) is 5.62. The van der Waals surface area contributed by atoms with Crippen LogP contribution in [0.1, 0.15) is 32.8 Å². The quantitative estimate of drug-likeness (QED) is 0.803. The third kappa shape index (κ3) is 3.84. The second-order valence-electron chi connectivity index (χ2n) is 5.13. The van der Waals surface area contributed by atoms with Gasteiger partial charge in [0, 0.05) is 17.9 Å². The number of carbonyl (C=O) groups is 1. The van der Waals surface area contributed by atoms with Crippen molar-refractivity contribution in [3.63, 3.8) is 0 Å². The molecule has 0 amide bonds. The van der Waals surface area contributed by atoms with Crippen molar-refractivity contribution in [2.24, 2.45) is 5.41 Å². The summed E-state index contributed by atoms with van der Waals surface area (Å²) in [5, 5.41) is 0. The summed E-state index contributed by atoms with van der Waals surface area (Å²) in [7, 11) is 1.50. The van der Waals surface area contributed by atoms with Crippen LogP contribution in [0.15, 0.2) is 18.2 Å². The summed E-state index contributed by atoms with van der Waals surface area (Å²) >= 11 is 0. The Hall–Kier alpha value is -1.38. The Morgan fingerprint density at radius 3 is 2.47 bits per heavy atom. The molecule has 0 aliphatic heterocycles. The first-order valence-corrected chi connectivity index (χ1v) is 5.70. The highest BCUT2D eigenvalue weighted by atomic mass is 19.1. The lowest BCUT2D eigenvalue weighted by Gasteiger charge is -2.16. The van der Waals surface area contributed by atoms with Gasteiger partial charge in [-0.3, -0.25) is 4.79 Å². The van der Waals surface area contributed by atoms with Crippen molar-refractivity contribution >= 4 is 5.78 Å². The molecule has 0 radical (unpaired) electrons. The van der Waals surface area contributed by atoms with Gasteiger partial charge < -0.3 is 4.74 Å². The summed E-state index contributed by atoms with van der Waals surface area (Å²) < 4.78 is 18.5. The van der Waals surface area contributed by atoms with Gasteiger partial charge in [0.1, 0.15) is 17.3 Å². The van der Waals surface area contributed by atoms with Crippen molar-refractivity contribution in [2.75, 3.05) is 7.11 Å². The SMILES string of the molecule is COc1ccc(CCC(=O)C(C)(C)C)c(F)c1. The highest BCUT2D eigenvalue weighted by Gasteiger charge is 2.20. The average Bonchev–Trinajstić information content (AvgIpc) is 2.25. The van der Waals surface area contributed by atoms with Crippen molar-refractivity contribution in [1.82, 2.24) is 0 Å². The minimum atomic E-state index is -0.358. The molecule has 1 aromatic carbocycles. The fraction of sp³-hybridized carbons (Fsp3) is 0.500. The second-order valence-corrected chi connectivity index (χ2v) is 5.13. The molecule has 0 unspecified atom stereocenters. The number of halogens is 1. The number of carbonyl (C=O) groups excluding carboxylic acids is 1. The molecule has 3 heteroatoms. The Balaban J connectivity index is 2.67. The number of methoxy groups -OCH3 is 1. The first kappa shape index (κ1) is 13.7. The van der Waals surface area contributed by atoms with E-state index in [2.05, 4.69) is 0 Å². The van der Waals surface area contributed by atoms with Crippen LogP contribution in [0.25, 0.3) is 0 Å². The lowest BCUT2D eigenvalue weighted by molar-refractivity contribution is -0.126. The predicted molar refractivity (Wildman–Crippen MR) is 65.7 cm³/mol. The zero-order valence-electron chi connectivity index (χ0n) is 10.8. The zero-order chi connectivity index (χ0) is 13.1. The molecule has 2 nitrogen and oxygen atoms in total. The number of Topliss-reactive ketones (excluding diaryl/α,β-unsaturated/α-hetero) is 1. The molecule has 1 aromatic rings. The molecule has 0 aliphatic carbocycles. The summed E-state index contributed by atoms with van der Waals surface area (Å²) in [5.41, 5.74) is 0.201. The lowest BCUT2D eigenvalue weighted by atomic mass is 9.87.